The van der Waals surface area contributed by atoms with Gasteiger partial charge in [0.2, 0.25) is 0 Å². The maximum atomic E-state index is 12.6. The third-order valence-corrected chi connectivity index (χ3v) is 4.74. The maximum Gasteiger partial charge on any atom is 0.329 e. The van der Waals surface area contributed by atoms with E-state index < -0.39 is 12.0 Å². The van der Waals surface area contributed by atoms with Gasteiger partial charge in [-0.05, 0) is 30.2 Å². The van der Waals surface area contributed by atoms with Crippen molar-refractivity contribution >= 4 is 46.3 Å². The molecule has 1 aliphatic heterocycles. The first kappa shape index (κ1) is 17.5. The molecule has 0 bridgehead atoms. The van der Waals surface area contributed by atoms with E-state index in [2.05, 4.69) is 0 Å². The van der Waals surface area contributed by atoms with Crippen LogP contribution in [0.1, 0.15) is 18.9 Å². The van der Waals surface area contributed by atoms with Gasteiger partial charge >= 0.3 is 5.97 Å². The topological polar surface area (TPSA) is 55.8 Å². The van der Waals surface area contributed by atoms with E-state index in [4.69, 9.17) is 21.7 Å². The highest BCUT2D eigenvalue weighted by atomic mass is 32.2. The Labute approximate surface area is 144 Å². The largest absolute Gasteiger partial charge is 0.497 e. The normalized spacial score (nSPS) is 17.5. The maximum absolute atomic E-state index is 12.6. The number of carbonyl (C=O) groups is 2. The van der Waals surface area contributed by atoms with Crippen LogP contribution in [-0.4, -0.2) is 41.4 Å². The van der Waals surface area contributed by atoms with Gasteiger partial charge in [0.1, 0.15) is 16.1 Å². The number of methoxy groups -OCH3 is 2. The Bertz CT molecular complexity index is 655. The molecule has 1 heterocycles. The summed E-state index contributed by atoms with van der Waals surface area (Å²) in [5, 5.41) is 0. The van der Waals surface area contributed by atoms with E-state index in [9.17, 15) is 9.59 Å². The molecule has 1 fully saturated rings. The van der Waals surface area contributed by atoms with Crippen molar-refractivity contribution in [2.45, 2.75) is 19.4 Å². The number of esters is 1. The number of amides is 1. The Morgan fingerprint density at radius 1 is 1.35 bits per heavy atom. The van der Waals surface area contributed by atoms with Gasteiger partial charge in [0.25, 0.3) is 5.91 Å². The summed E-state index contributed by atoms with van der Waals surface area (Å²) in [5.41, 5.74) is 0.859. The fourth-order valence-corrected chi connectivity index (χ4v) is 3.55. The zero-order chi connectivity index (χ0) is 17.0. The molecule has 1 aromatic rings. The SMILES string of the molecule is CCC(C(=O)OC)N1C(=O)/C(=C/c2ccc(OC)cc2)SC1=S. The van der Waals surface area contributed by atoms with E-state index in [1.807, 2.05) is 31.2 Å². The molecule has 0 aromatic heterocycles. The van der Waals surface area contributed by atoms with Crippen molar-refractivity contribution in [2.24, 2.45) is 0 Å². The zero-order valence-corrected chi connectivity index (χ0v) is 14.7. The monoisotopic (exact) mass is 351 g/mol. The first-order chi connectivity index (χ1) is 11.0. The van der Waals surface area contributed by atoms with Gasteiger partial charge in [0.15, 0.2) is 0 Å². The summed E-state index contributed by atoms with van der Waals surface area (Å²) in [5.74, 6) is 0.00834. The van der Waals surface area contributed by atoms with Crippen molar-refractivity contribution in [1.29, 1.82) is 0 Å². The Morgan fingerprint density at radius 3 is 2.52 bits per heavy atom. The van der Waals surface area contributed by atoms with Crippen molar-refractivity contribution in [3.8, 4) is 5.75 Å². The van der Waals surface area contributed by atoms with Crippen LogP contribution in [0.25, 0.3) is 6.08 Å². The van der Waals surface area contributed by atoms with Crippen LogP contribution in [-0.2, 0) is 14.3 Å². The number of hydrogen-bond donors (Lipinski definition) is 0. The van der Waals surface area contributed by atoms with Crippen molar-refractivity contribution < 1.29 is 19.1 Å². The van der Waals surface area contributed by atoms with Crippen LogP contribution in [0.15, 0.2) is 29.2 Å². The highest BCUT2D eigenvalue weighted by molar-refractivity contribution is 8.26. The van der Waals surface area contributed by atoms with E-state index in [1.165, 1.54) is 23.8 Å². The fourth-order valence-electron chi connectivity index (χ4n) is 2.19. The van der Waals surface area contributed by atoms with Gasteiger partial charge in [0, 0.05) is 0 Å². The highest BCUT2D eigenvalue weighted by Gasteiger charge is 2.40. The minimum absolute atomic E-state index is 0.270. The minimum atomic E-state index is -0.686. The molecule has 1 aliphatic rings. The summed E-state index contributed by atoms with van der Waals surface area (Å²) in [4.78, 5) is 26.2. The molecule has 23 heavy (non-hydrogen) atoms. The average molecular weight is 351 g/mol. The van der Waals surface area contributed by atoms with Gasteiger partial charge in [-0.1, -0.05) is 43.0 Å². The number of thioether (sulfide) groups is 1. The summed E-state index contributed by atoms with van der Waals surface area (Å²) in [7, 11) is 2.90. The van der Waals surface area contributed by atoms with Crippen LogP contribution < -0.4 is 4.74 Å². The number of carbonyl (C=O) groups excluding carboxylic acids is 2. The second-order valence-electron chi connectivity index (χ2n) is 4.77. The molecule has 0 saturated carbocycles. The first-order valence-electron chi connectivity index (χ1n) is 7.00. The van der Waals surface area contributed by atoms with Crippen LogP contribution in [0.3, 0.4) is 0 Å². The molecule has 7 heteroatoms. The molecule has 122 valence electrons. The van der Waals surface area contributed by atoms with Crippen LogP contribution in [0.5, 0.6) is 5.75 Å². The van der Waals surface area contributed by atoms with Gasteiger partial charge in [-0.15, -0.1) is 0 Å². The van der Waals surface area contributed by atoms with Crippen LogP contribution >= 0.6 is 24.0 Å². The van der Waals surface area contributed by atoms with Gasteiger partial charge in [-0.2, -0.15) is 0 Å². The Morgan fingerprint density at radius 2 is 2.00 bits per heavy atom. The molecule has 2 rings (SSSR count). The number of nitrogens with zero attached hydrogens (tertiary/aromatic N) is 1. The molecule has 0 spiro atoms. The summed E-state index contributed by atoms with van der Waals surface area (Å²) in [6.07, 6.45) is 2.19. The number of thiocarbonyl (C=S) groups is 1. The predicted octanol–water partition coefficient (Wildman–Crippen LogP) is 2.85. The minimum Gasteiger partial charge on any atom is -0.497 e. The van der Waals surface area contributed by atoms with Crippen molar-refractivity contribution in [1.82, 2.24) is 4.90 Å². The van der Waals surface area contributed by atoms with Gasteiger partial charge < -0.3 is 9.47 Å². The fraction of sp³-hybridized carbons (Fsp3) is 0.312. The quantitative estimate of drug-likeness (QED) is 0.462. The van der Waals surface area contributed by atoms with Crippen molar-refractivity contribution in [3.63, 3.8) is 0 Å². The first-order valence-corrected chi connectivity index (χ1v) is 8.23. The molecule has 1 saturated heterocycles. The average Bonchev–Trinajstić information content (AvgIpc) is 2.83. The van der Waals surface area contributed by atoms with E-state index in [1.54, 1.807) is 13.2 Å². The van der Waals surface area contributed by atoms with Gasteiger partial charge in [-0.3, -0.25) is 9.69 Å². The van der Waals surface area contributed by atoms with Crippen LogP contribution in [0.2, 0.25) is 0 Å². The Hall–Kier alpha value is -1.86. The molecule has 0 aliphatic carbocycles. The molecular formula is C16H17NO4S2. The number of ether oxygens (including phenoxy) is 2. The lowest BCUT2D eigenvalue weighted by Gasteiger charge is -2.23. The van der Waals surface area contributed by atoms with Gasteiger partial charge in [0.05, 0.1) is 19.1 Å². The second kappa shape index (κ2) is 7.61. The molecule has 0 N–H and O–H groups in total. The standard InChI is InChI=1S/C16H17NO4S2/c1-4-12(15(19)21-3)17-14(18)13(23-16(17)22)9-10-5-7-11(20-2)8-6-10/h5-9,12H,4H2,1-3H3/b13-9-. The third kappa shape index (κ3) is 3.73. The predicted molar refractivity (Wildman–Crippen MR) is 94.1 cm³/mol. The molecular weight excluding hydrogens is 334 g/mol. The molecule has 1 amide bonds. The summed E-state index contributed by atoms with van der Waals surface area (Å²) in [6, 6.07) is 6.65. The molecule has 1 atom stereocenters. The number of benzene rings is 1. The lowest BCUT2D eigenvalue weighted by atomic mass is 10.1. The summed E-state index contributed by atoms with van der Waals surface area (Å²) in [6.45, 7) is 1.81. The Kier molecular flexibility index (Phi) is 5.79. The summed E-state index contributed by atoms with van der Waals surface area (Å²) < 4.78 is 10.2. The molecule has 0 radical (unpaired) electrons. The molecule has 1 unspecified atom stereocenters. The third-order valence-electron chi connectivity index (χ3n) is 3.41. The Balaban J connectivity index is 2.26. The lowest BCUT2D eigenvalue weighted by Crippen LogP contribution is -2.44. The van der Waals surface area contributed by atoms with E-state index in [0.717, 1.165) is 11.3 Å². The highest BCUT2D eigenvalue weighted by Crippen LogP contribution is 2.35. The number of hydrogen-bond acceptors (Lipinski definition) is 6. The van der Waals surface area contributed by atoms with Crippen LogP contribution in [0.4, 0.5) is 0 Å². The second-order valence-corrected chi connectivity index (χ2v) is 6.45. The number of rotatable bonds is 5. The van der Waals surface area contributed by atoms with E-state index in [-0.39, 0.29) is 5.91 Å². The molecule has 5 nitrogen and oxygen atoms in total. The van der Waals surface area contributed by atoms with E-state index >= 15 is 0 Å². The lowest BCUT2D eigenvalue weighted by molar-refractivity contribution is -0.148. The molecule has 1 aromatic carbocycles. The van der Waals surface area contributed by atoms with Gasteiger partial charge in [-0.25, -0.2) is 4.79 Å². The summed E-state index contributed by atoms with van der Waals surface area (Å²) >= 11 is 6.45. The van der Waals surface area contributed by atoms with Crippen LogP contribution in [0, 0.1) is 0 Å². The van der Waals surface area contributed by atoms with Crippen molar-refractivity contribution in [2.75, 3.05) is 14.2 Å². The van der Waals surface area contributed by atoms with Crippen molar-refractivity contribution in [3.05, 3.63) is 34.7 Å². The van der Waals surface area contributed by atoms with E-state index in [0.29, 0.717) is 15.6 Å². The zero-order valence-electron chi connectivity index (χ0n) is 13.1. The smallest absolute Gasteiger partial charge is 0.329 e.